The van der Waals surface area contributed by atoms with Crippen LogP contribution in [0.25, 0.3) is 0 Å². The van der Waals surface area contributed by atoms with Gasteiger partial charge >= 0.3 is 0 Å². The van der Waals surface area contributed by atoms with Crippen molar-refractivity contribution in [2.24, 2.45) is 11.8 Å². The van der Waals surface area contributed by atoms with E-state index in [1.54, 1.807) is 7.11 Å². The van der Waals surface area contributed by atoms with Crippen molar-refractivity contribution in [1.29, 1.82) is 0 Å². The van der Waals surface area contributed by atoms with Gasteiger partial charge in [0.05, 0.1) is 19.3 Å². The highest BCUT2D eigenvalue weighted by atomic mass is 16.7. The number of aliphatic hydroxyl groups excluding tert-OH is 7. The Morgan fingerprint density at radius 3 is 1.34 bits per heavy atom. The minimum atomic E-state index is -1.38. The minimum absolute atomic E-state index is 0.0231. The van der Waals surface area contributed by atoms with Gasteiger partial charge in [0.1, 0.15) is 36.6 Å². The van der Waals surface area contributed by atoms with Crippen LogP contribution in [0.4, 0.5) is 0 Å². The molecule has 12 atom stereocenters. The van der Waals surface area contributed by atoms with Crippen molar-refractivity contribution in [3.8, 4) is 0 Å². The molecule has 0 saturated carbocycles. The zero-order valence-corrected chi connectivity index (χ0v) is 19.2. The summed E-state index contributed by atoms with van der Waals surface area (Å²) in [5, 5.41) is 61.9. The number of aliphatic hydroxyl groups is 7. The Hall–Kier alpha value is -0.480. The van der Waals surface area contributed by atoms with E-state index in [0.717, 1.165) is 6.42 Å². The van der Waals surface area contributed by atoms with E-state index in [9.17, 15) is 0 Å². The second-order valence-corrected chi connectivity index (χ2v) is 8.08. The van der Waals surface area contributed by atoms with Gasteiger partial charge in [0, 0.05) is 20.1 Å². The van der Waals surface area contributed by atoms with E-state index < -0.39 is 55.8 Å². The molecule has 12 heteroatoms. The lowest BCUT2D eigenvalue weighted by Gasteiger charge is -2.13. The van der Waals surface area contributed by atoms with Crippen molar-refractivity contribution in [3.05, 3.63) is 0 Å². The zero-order valence-electron chi connectivity index (χ0n) is 19.2. The molecule has 0 amide bonds. The third kappa shape index (κ3) is 7.26. The smallest absolute Gasteiger partial charge is 0.186 e. The molecule has 0 radical (unpaired) electrons. The van der Waals surface area contributed by atoms with E-state index >= 15 is 0 Å². The molecule has 0 bridgehead atoms. The summed E-state index contributed by atoms with van der Waals surface area (Å²) in [5.74, 6) is 1.16. The third-order valence-electron chi connectivity index (χ3n) is 6.04. The Kier molecular flexibility index (Phi) is 13.0. The molecular formula is C20H40O12. The number of rotatable bonds is 5. The van der Waals surface area contributed by atoms with Crippen LogP contribution < -0.4 is 0 Å². The van der Waals surface area contributed by atoms with Gasteiger partial charge in [-0.25, -0.2) is 0 Å². The Morgan fingerprint density at radius 1 is 0.625 bits per heavy atom. The summed E-state index contributed by atoms with van der Waals surface area (Å²) in [5.41, 5.74) is 0. The fourth-order valence-electron chi connectivity index (χ4n) is 3.68. The number of ether oxygens (including phenoxy) is 5. The summed E-state index contributed by atoms with van der Waals surface area (Å²) in [7, 11) is 3.08. The maximum atomic E-state index is 9.15. The van der Waals surface area contributed by atoms with Gasteiger partial charge in [-0.15, -0.1) is 0 Å². The lowest BCUT2D eigenvalue weighted by molar-refractivity contribution is -0.153. The molecule has 3 aliphatic rings. The standard InChI is InChI=1S/C9H18O2.C6H12O5.C5H10O5/c1-5-8-6(2)7(3)9(10-4)11-8;1-10-6-5(9)4(8)3(2-7)11-6;6-1-2-3(7)4(8)5(9)10-2/h6-9H,5H2,1-4H3;3-9H,2H2,1H3;2-9H,1H2/t6-,7-,8+,9?;3-,4-,5+,6?;2-,3-,4+,5?/m011/s1. The minimum Gasteiger partial charge on any atom is -0.394 e. The first-order valence-electron chi connectivity index (χ1n) is 10.7. The van der Waals surface area contributed by atoms with Crippen LogP contribution >= 0.6 is 0 Å². The van der Waals surface area contributed by atoms with Crippen LogP contribution in [0.3, 0.4) is 0 Å². The second-order valence-electron chi connectivity index (χ2n) is 8.08. The van der Waals surface area contributed by atoms with Gasteiger partial charge in [-0.3, -0.25) is 0 Å². The molecule has 32 heavy (non-hydrogen) atoms. The summed E-state index contributed by atoms with van der Waals surface area (Å²) in [4.78, 5) is 0. The average Bonchev–Trinajstić information content (AvgIpc) is 3.35. The van der Waals surface area contributed by atoms with Crippen molar-refractivity contribution in [2.45, 2.75) is 88.8 Å². The van der Waals surface area contributed by atoms with E-state index in [1.807, 2.05) is 0 Å². The Labute approximate surface area is 188 Å². The van der Waals surface area contributed by atoms with Crippen LogP contribution in [-0.2, 0) is 23.7 Å². The van der Waals surface area contributed by atoms with Gasteiger partial charge in [0.2, 0.25) is 0 Å². The predicted molar refractivity (Wildman–Crippen MR) is 109 cm³/mol. The molecule has 0 aromatic carbocycles. The summed E-state index contributed by atoms with van der Waals surface area (Å²) in [6, 6.07) is 0. The van der Waals surface area contributed by atoms with Crippen molar-refractivity contribution in [2.75, 3.05) is 27.4 Å². The highest BCUT2D eigenvalue weighted by molar-refractivity contribution is 4.86. The highest BCUT2D eigenvalue weighted by Gasteiger charge is 2.42. The van der Waals surface area contributed by atoms with E-state index in [2.05, 4.69) is 30.2 Å². The molecule has 0 spiro atoms. The lowest BCUT2D eigenvalue weighted by Crippen LogP contribution is -2.34. The third-order valence-corrected chi connectivity index (χ3v) is 6.04. The van der Waals surface area contributed by atoms with Crippen molar-refractivity contribution >= 4 is 0 Å². The fourth-order valence-corrected chi connectivity index (χ4v) is 3.68. The molecular weight excluding hydrogens is 432 g/mol. The van der Waals surface area contributed by atoms with Gasteiger partial charge in [0.25, 0.3) is 0 Å². The summed E-state index contributed by atoms with van der Waals surface area (Å²) >= 11 is 0. The Bertz CT molecular complexity index is 445. The molecule has 192 valence electrons. The predicted octanol–water partition coefficient (Wildman–Crippen LogP) is -2.47. The molecule has 3 fully saturated rings. The van der Waals surface area contributed by atoms with E-state index in [0.29, 0.717) is 17.9 Å². The van der Waals surface area contributed by atoms with Crippen molar-refractivity contribution in [3.63, 3.8) is 0 Å². The van der Waals surface area contributed by atoms with Gasteiger partial charge in [-0.2, -0.15) is 0 Å². The number of methoxy groups -OCH3 is 2. The molecule has 3 saturated heterocycles. The molecule has 12 nitrogen and oxygen atoms in total. The summed E-state index contributed by atoms with van der Waals surface area (Å²) < 4.78 is 25.0. The van der Waals surface area contributed by atoms with Crippen LogP contribution in [-0.4, -0.2) is 125 Å². The lowest BCUT2D eigenvalue weighted by atomic mass is 9.92. The molecule has 3 heterocycles. The maximum absolute atomic E-state index is 9.15. The van der Waals surface area contributed by atoms with Crippen molar-refractivity contribution in [1.82, 2.24) is 0 Å². The fraction of sp³-hybridized carbons (Fsp3) is 1.00. The van der Waals surface area contributed by atoms with Gasteiger partial charge in [-0.1, -0.05) is 20.8 Å². The molecule has 3 unspecified atom stereocenters. The topological polar surface area (TPSA) is 188 Å². The molecule has 0 aromatic heterocycles. The van der Waals surface area contributed by atoms with Crippen LogP contribution in [0.2, 0.25) is 0 Å². The molecule has 3 aliphatic heterocycles. The normalized spacial score (nSPS) is 45.8. The van der Waals surface area contributed by atoms with Gasteiger partial charge < -0.3 is 59.4 Å². The van der Waals surface area contributed by atoms with Crippen LogP contribution in [0.15, 0.2) is 0 Å². The van der Waals surface area contributed by atoms with E-state index in [4.69, 9.17) is 50.0 Å². The Balaban J connectivity index is 0.000000240. The van der Waals surface area contributed by atoms with Crippen LogP contribution in [0, 0.1) is 11.8 Å². The first kappa shape index (κ1) is 29.6. The first-order valence-corrected chi connectivity index (χ1v) is 10.7. The van der Waals surface area contributed by atoms with Gasteiger partial charge in [0.15, 0.2) is 18.9 Å². The maximum Gasteiger partial charge on any atom is 0.186 e. The second kappa shape index (κ2) is 14.0. The molecule has 0 aromatic rings. The van der Waals surface area contributed by atoms with E-state index in [1.165, 1.54) is 7.11 Å². The Morgan fingerprint density at radius 2 is 1.09 bits per heavy atom. The number of hydrogen-bond donors (Lipinski definition) is 7. The first-order chi connectivity index (χ1) is 15.1. The molecule has 0 aliphatic carbocycles. The van der Waals surface area contributed by atoms with Gasteiger partial charge in [-0.05, 0) is 12.3 Å². The highest BCUT2D eigenvalue weighted by Crippen LogP contribution is 2.33. The van der Waals surface area contributed by atoms with E-state index in [-0.39, 0.29) is 12.9 Å². The quantitative estimate of drug-likeness (QED) is 0.224. The summed E-state index contributed by atoms with van der Waals surface area (Å²) in [6.07, 6.45) is -6.95. The SMILES string of the molecule is CC[C@H]1OC(OC)[C@@H](C)[C@@H]1C.COC1O[C@H](CO)[C@@H](O)[C@@H]1O.OC[C@H]1OC(O)[C@@H](O)[C@@H]1O. The average molecular weight is 473 g/mol. The molecule has 3 rings (SSSR count). The molecule has 7 N–H and O–H groups in total. The van der Waals surface area contributed by atoms with Crippen LogP contribution in [0.1, 0.15) is 27.2 Å². The largest absolute Gasteiger partial charge is 0.394 e. The van der Waals surface area contributed by atoms with Crippen molar-refractivity contribution < 1.29 is 59.4 Å². The zero-order chi connectivity index (χ0) is 24.6. The number of hydrogen-bond acceptors (Lipinski definition) is 12. The summed E-state index contributed by atoms with van der Waals surface area (Å²) in [6.45, 7) is 5.85. The van der Waals surface area contributed by atoms with Crippen LogP contribution in [0.5, 0.6) is 0 Å². The monoisotopic (exact) mass is 472 g/mol.